The van der Waals surface area contributed by atoms with Gasteiger partial charge in [-0.15, -0.1) is 0 Å². The van der Waals surface area contributed by atoms with Gasteiger partial charge in [0, 0.05) is 29.5 Å². The van der Waals surface area contributed by atoms with E-state index < -0.39 is 0 Å². The van der Waals surface area contributed by atoms with Gasteiger partial charge in [-0.1, -0.05) is 37.7 Å². The van der Waals surface area contributed by atoms with Crippen LogP contribution in [0.2, 0.25) is 0 Å². The van der Waals surface area contributed by atoms with Gasteiger partial charge >= 0.3 is 0 Å². The lowest BCUT2D eigenvalue weighted by Crippen LogP contribution is -2.28. The highest BCUT2D eigenvalue weighted by atomic mass is 32.2. The highest BCUT2D eigenvalue weighted by Gasteiger charge is 2.28. The van der Waals surface area contributed by atoms with E-state index in [9.17, 15) is 14.4 Å². The van der Waals surface area contributed by atoms with Crippen LogP contribution in [-0.4, -0.2) is 27.0 Å². The van der Waals surface area contributed by atoms with E-state index in [1.807, 2.05) is 13.8 Å². The molecule has 1 unspecified atom stereocenters. The van der Waals surface area contributed by atoms with Crippen molar-refractivity contribution < 1.29 is 9.59 Å². The predicted molar refractivity (Wildman–Crippen MR) is 102 cm³/mol. The Bertz CT molecular complexity index is 920. The summed E-state index contributed by atoms with van der Waals surface area (Å²) in [6.07, 6.45) is 0.187. The quantitative estimate of drug-likeness (QED) is 0.644. The first-order chi connectivity index (χ1) is 12.3. The number of carbonyl (C=O) groups is 2. The van der Waals surface area contributed by atoms with Crippen LogP contribution >= 0.6 is 11.8 Å². The van der Waals surface area contributed by atoms with Gasteiger partial charge in [-0.2, -0.15) is 0 Å². The van der Waals surface area contributed by atoms with Crippen molar-refractivity contribution in [3.05, 3.63) is 51.9 Å². The molecule has 1 aromatic heterocycles. The summed E-state index contributed by atoms with van der Waals surface area (Å²) < 4.78 is 1.61. The first-order valence-corrected chi connectivity index (χ1v) is 9.51. The molecular weight excluding hydrogens is 350 g/mol. The molecule has 1 aliphatic rings. The van der Waals surface area contributed by atoms with Crippen molar-refractivity contribution in [3.63, 3.8) is 0 Å². The summed E-state index contributed by atoms with van der Waals surface area (Å²) in [4.78, 5) is 40.8. The van der Waals surface area contributed by atoms with E-state index in [0.717, 1.165) is 5.69 Å². The Labute approximate surface area is 156 Å². The third-order valence-electron chi connectivity index (χ3n) is 4.27. The largest absolute Gasteiger partial charge is 0.326 e. The lowest BCUT2D eigenvalue weighted by Gasteiger charge is -2.14. The number of Topliss-reactive ketones (excluding diaryl/α,β-unsaturated/α-hetero) is 1. The number of amides is 1. The second-order valence-corrected chi connectivity index (χ2v) is 7.67. The molecule has 6 nitrogen and oxygen atoms in total. The van der Waals surface area contributed by atoms with Crippen molar-refractivity contribution in [1.82, 2.24) is 9.55 Å². The van der Waals surface area contributed by atoms with Gasteiger partial charge in [0.2, 0.25) is 5.91 Å². The molecule has 26 heavy (non-hydrogen) atoms. The van der Waals surface area contributed by atoms with E-state index >= 15 is 0 Å². The molecule has 1 N–H and O–H groups in total. The average molecular weight is 371 g/mol. The number of ketones is 1. The molecule has 1 atom stereocenters. The summed E-state index contributed by atoms with van der Waals surface area (Å²) in [5, 5.41) is 3.49. The number of nitrogens with zero attached hydrogens (tertiary/aromatic N) is 2. The molecule has 136 valence electrons. The van der Waals surface area contributed by atoms with Gasteiger partial charge in [0.25, 0.3) is 5.56 Å². The normalized spacial score (nSPS) is 15.8. The Morgan fingerprint density at radius 3 is 2.81 bits per heavy atom. The van der Waals surface area contributed by atoms with E-state index in [1.165, 1.54) is 18.7 Å². The van der Waals surface area contributed by atoms with Crippen LogP contribution in [0, 0.1) is 0 Å². The number of fused-ring (bicyclic) bond motifs is 1. The number of carbonyl (C=O) groups excluding carboxylic acids is 2. The number of benzene rings is 1. The minimum Gasteiger partial charge on any atom is -0.326 e. The van der Waals surface area contributed by atoms with Gasteiger partial charge in [-0.25, -0.2) is 4.98 Å². The van der Waals surface area contributed by atoms with Crippen molar-refractivity contribution in [1.29, 1.82) is 0 Å². The van der Waals surface area contributed by atoms with Crippen molar-refractivity contribution in [3.8, 4) is 0 Å². The summed E-state index contributed by atoms with van der Waals surface area (Å²) in [5.74, 6) is 0.583. The summed E-state index contributed by atoms with van der Waals surface area (Å²) in [6, 6.07) is 8.17. The zero-order chi connectivity index (χ0) is 18.8. The molecule has 2 heterocycles. The molecule has 0 fully saturated rings. The average Bonchev–Trinajstić information content (AvgIpc) is 2.98. The molecule has 0 saturated carbocycles. The first-order valence-electron chi connectivity index (χ1n) is 8.52. The molecule has 2 aromatic rings. The third kappa shape index (κ3) is 3.88. The standard InChI is InChI=1S/C19H21N3O3S/c1-11(2)16-9-18(25)22-15(10-26-19(22)21-16)8-17(24)20-14-6-4-5-13(7-14)12(3)23/h4-7,9,11,15H,8,10H2,1-3H3,(H,20,24). The maximum Gasteiger partial charge on any atom is 0.254 e. The zero-order valence-electron chi connectivity index (χ0n) is 15.0. The molecule has 7 heteroatoms. The van der Waals surface area contributed by atoms with Crippen molar-refractivity contribution in [2.75, 3.05) is 11.1 Å². The van der Waals surface area contributed by atoms with Crippen LogP contribution < -0.4 is 10.9 Å². The summed E-state index contributed by atoms with van der Waals surface area (Å²) in [7, 11) is 0. The lowest BCUT2D eigenvalue weighted by atomic mass is 10.1. The maximum absolute atomic E-state index is 12.4. The Hall–Kier alpha value is -2.41. The van der Waals surface area contributed by atoms with E-state index in [1.54, 1.807) is 34.9 Å². The van der Waals surface area contributed by atoms with Gasteiger partial charge in [0.15, 0.2) is 10.9 Å². The molecule has 3 rings (SSSR count). The van der Waals surface area contributed by atoms with Gasteiger partial charge in [0.05, 0.1) is 11.7 Å². The summed E-state index contributed by atoms with van der Waals surface area (Å²) in [6.45, 7) is 5.48. The van der Waals surface area contributed by atoms with Crippen LogP contribution in [0.25, 0.3) is 0 Å². The first kappa shape index (κ1) is 18.4. The fourth-order valence-electron chi connectivity index (χ4n) is 2.86. The highest BCUT2D eigenvalue weighted by Crippen LogP contribution is 2.33. The van der Waals surface area contributed by atoms with Crippen LogP contribution in [0.5, 0.6) is 0 Å². The number of rotatable bonds is 5. The minimum atomic E-state index is -0.216. The predicted octanol–water partition coefficient (Wildman–Crippen LogP) is 3.24. The maximum atomic E-state index is 12.4. The molecule has 1 aromatic carbocycles. The molecule has 0 saturated heterocycles. The molecule has 0 radical (unpaired) electrons. The molecule has 0 aliphatic carbocycles. The SMILES string of the molecule is CC(=O)c1cccc(NC(=O)CC2CSc3nc(C(C)C)cc(=O)n32)c1. The van der Waals surface area contributed by atoms with Crippen LogP contribution in [0.4, 0.5) is 5.69 Å². The van der Waals surface area contributed by atoms with Crippen molar-refractivity contribution >= 4 is 29.1 Å². The van der Waals surface area contributed by atoms with Crippen molar-refractivity contribution in [2.24, 2.45) is 0 Å². The third-order valence-corrected chi connectivity index (χ3v) is 5.37. The number of aromatic nitrogens is 2. The van der Waals surface area contributed by atoms with Crippen molar-refractivity contribution in [2.45, 2.75) is 44.3 Å². The Morgan fingerprint density at radius 1 is 1.35 bits per heavy atom. The minimum absolute atomic E-state index is 0.0548. The molecule has 0 bridgehead atoms. The topological polar surface area (TPSA) is 81.1 Å². The monoisotopic (exact) mass is 371 g/mol. The molecular formula is C19H21N3O3S. The Kier molecular flexibility index (Phi) is 5.27. The number of hydrogen-bond acceptors (Lipinski definition) is 5. The second-order valence-electron chi connectivity index (χ2n) is 6.68. The van der Waals surface area contributed by atoms with Crippen LogP contribution in [0.15, 0.2) is 40.3 Å². The summed E-state index contributed by atoms with van der Waals surface area (Å²) in [5.41, 5.74) is 1.79. The fourth-order valence-corrected chi connectivity index (χ4v) is 4.01. The van der Waals surface area contributed by atoms with E-state index in [-0.39, 0.29) is 35.6 Å². The number of thioether (sulfide) groups is 1. The fraction of sp³-hybridized carbons (Fsp3) is 0.368. The van der Waals surface area contributed by atoms with Gasteiger partial charge in [-0.05, 0) is 25.0 Å². The van der Waals surface area contributed by atoms with Crippen LogP contribution in [0.1, 0.15) is 55.2 Å². The summed E-state index contributed by atoms with van der Waals surface area (Å²) >= 11 is 1.50. The Morgan fingerprint density at radius 2 is 2.12 bits per heavy atom. The highest BCUT2D eigenvalue weighted by molar-refractivity contribution is 7.99. The number of anilines is 1. The zero-order valence-corrected chi connectivity index (χ0v) is 15.8. The Balaban J connectivity index is 1.74. The molecule has 1 aliphatic heterocycles. The molecule has 0 spiro atoms. The van der Waals surface area contributed by atoms with E-state index in [2.05, 4.69) is 10.3 Å². The number of nitrogens with one attached hydrogen (secondary N) is 1. The molecule has 1 amide bonds. The van der Waals surface area contributed by atoms with Gasteiger partial charge < -0.3 is 5.32 Å². The van der Waals surface area contributed by atoms with E-state index in [4.69, 9.17) is 0 Å². The van der Waals surface area contributed by atoms with Gasteiger partial charge in [0.1, 0.15) is 0 Å². The lowest BCUT2D eigenvalue weighted by molar-refractivity contribution is -0.116. The van der Waals surface area contributed by atoms with Crippen LogP contribution in [-0.2, 0) is 4.79 Å². The van der Waals surface area contributed by atoms with E-state index in [0.29, 0.717) is 22.2 Å². The van der Waals surface area contributed by atoms with Crippen LogP contribution in [0.3, 0.4) is 0 Å². The number of hydrogen-bond donors (Lipinski definition) is 1. The van der Waals surface area contributed by atoms with Gasteiger partial charge in [-0.3, -0.25) is 19.0 Å². The smallest absolute Gasteiger partial charge is 0.254 e. The second kappa shape index (κ2) is 7.45.